The second kappa shape index (κ2) is 5.88. The van der Waals surface area contributed by atoms with Crippen molar-refractivity contribution in [2.24, 2.45) is 0 Å². The fourth-order valence-corrected chi connectivity index (χ4v) is 3.25. The molecular weight excluding hydrogens is 310 g/mol. The zero-order chi connectivity index (χ0) is 17.4. The van der Waals surface area contributed by atoms with Crippen molar-refractivity contribution in [1.29, 1.82) is 0 Å². The molecule has 0 radical (unpaired) electrons. The standard InChI is InChI=1S/C18H17NO5/c1-19-16(10-7-8-14(24-2)13(20)9-10)15(18(22)23)11-5-3-4-6-12(11)17(19)21/h3-9,15-16,20H,1-2H3,(H,22,23)/t15-,16+/m0/s1. The number of hydrogen-bond acceptors (Lipinski definition) is 4. The number of nitrogens with zero attached hydrogens (tertiary/aromatic N) is 1. The minimum atomic E-state index is -1.03. The molecule has 1 aliphatic rings. The van der Waals surface area contributed by atoms with Crippen LogP contribution in [0.15, 0.2) is 42.5 Å². The summed E-state index contributed by atoms with van der Waals surface area (Å²) >= 11 is 0. The minimum Gasteiger partial charge on any atom is -0.504 e. The highest BCUT2D eigenvalue weighted by Crippen LogP contribution is 2.43. The molecule has 1 aliphatic heterocycles. The number of amides is 1. The number of methoxy groups -OCH3 is 1. The Bertz CT molecular complexity index is 817. The van der Waals surface area contributed by atoms with E-state index in [0.29, 0.717) is 16.7 Å². The SMILES string of the molecule is COc1ccc([C@@H]2[C@@H](C(=O)O)c3ccccc3C(=O)N2C)cc1O. The molecule has 0 saturated carbocycles. The highest BCUT2D eigenvalue weighted by atomic mass is 16.5. The van der Waals surface area contributed by atoms with Crippen LogP contribution in [-0.4, -0.2) is 41.1 Å². The number of ether oxygens (including phenoxy) is 1. The number of carboxylic acid groups (broad SMARTS) is 1. The van der Waals surface area contributed by atoms with Gasteiger partial charge < -0.3 is 19.8 Å². The first-order valence-corrected chi connectivity index (χ1v) is 7.41. The minimum absolute atomic E-state index is 0.0983. The first-order valence-electron chi connectivity index (χ1n) is 7.41. The van der Waals surface area contributed by atoms with Gasteiger partial charge in [-0.05, 0) is 29.3 Å². The van der Waals surface area contributed by atoms with Gasteiger partial charge in [-0.25, -0.2) is 0 Å². The van der Waals surface area contributed by atoms with Gasteiger partial charge in [0, 0.05) is 12.6 Å². The molecule has 2 aromatic carbocycles. The van der Waals surface area contributed by atoms with Crippen LogP contribution in [0, 0.1) is 0 Å². The third kappa shape index (κ3) is 2.36. The van der Waals surface area contributed by atoms with Crippen LogP contribution >= 0.6 is 0 Å². The number of likely N-dealkylation sites (N-methyl/N-ethyl adjacent to an activating group) is 1. The van der Waals surface area contributed by atoms with Gasteiger partial charge in [-0.1, -0.05) is 24.3 Å². The summed E-state index contributed by atoms with van der Waals surface area (Å²) in [6, 6.07) is 10.7. The van der Waals surface area contributed by atoms with Crippen LogP contribution in [0.1, 0.15) is 33.4 Å². The number of benzene rings is 2. The lowest BCUT2D eigenvalue weighted by Crippen LogP contribution is -2.42. The van der Waals surface area contributed by atoms with Crippen LogP contribution in [0.25, 0.3) is 0 Å². The average Bonchev–Trinajstić information content (AvgIpc) is 2.57. The summed E-state index contributed by atoms with van der Waals surface area (Å²) < 4.78 is 5.02. The molecule has 0 aromatic heterocycles. The van der Waals surface area contributed by atoms with E-state index in [2.05, 4.69) is 0 Å². The van der Waals surface area contributed by atoms with Crippen molar-refractivity contribution in [3.8, 4) is 11.5 Å². The van der Waals surface area contributed by atoms with Crippen molar-refractivity contribution >= 4 is 11.9 Å². The average molecular weight is 327 g/mol. The fourth-order valence-electron chi connectivity index (χ4n) is 3.25. The van der Waals surface area contributed by atoms with Crippen molar-refractivity contribution in [3.05, 3.63) is 59.2 Å². The van der Waals surface area contributed by atoms with Crippen molar-refractivity contribution in [3.63, 3.8) is 0 Å². The normalized spacial score (nSPS) is 19.8. The molecule has 1 heterocycles. The molecular formula is C18H17NO5. The van der Waals surface area contributed by atoms with Gasteiger partial charge in [-0.2, -0.15) is 0 Å². The van der Waals surface area contributed by atoms with Crippen LogP contribution in [0.3, 0.4) is 0 Å². The summed E-state index contributed by atoms with van der Waals surface area (Å²) in [5.74, 6) is -2.00. The Kier molecular flexibility index (Phi) is 3.89. The van der Waals surface area contributed by atoms with Crippen LogP contribution in [-0.2, 0) is 4.79 Å². The molecule has 1 amide bonds. The maximum atomic E-state index is 12.6. The highest BCUT2D eigenvalue weighted by Gasteiger charge is 2.42. The third-order valence-electron chi connectivity index (χ3n) is 4.39. The maximum absolute atomic E-state index is 12.6. The predicted octanol–water partition coefficient (Wildman–Crippen LogP) is 2.40. The summed E-state index contributed by atoms with van der Waals surface area (Å²) in [4.78, 5) is 26.0. The van der Waals surface area contributed by atoms with Gasteiger partial charge in [0.2, 0.25) is 0 Å². The number of carbonyl (C=O) groups excluding carboxylic acids is 1. The molecule has 0 aliphatic carbocycles. The quantitative estimate of drug-likeness (QED) is 0.904. The first kappa shape index (κ1) is 15.9. The molecule has 6 nitrogen and oxygen atoms in total. The number of carbonyl (C=O) groups is 2. The molecule has 0 fully saturated rings. The van der Waals surface area contributed by atoms with Crippen LogP contribution in [0.5, 0.6) is 11.5 Å². The first-order chi connectivity index (χ1) is 11.5. The lowest BCUT2D eigenvalue weighted by Gasteiger charge is -2.38. The Morgan fingerprint density at radius 1 is 1.21 bits per heavy atom. The Morgan fingerprint density at radius 3 is 2.54 bits per heavy atom. The molecule has 124 valence electrons. The van der Waals surface area contributed by atoms with Gasteiger partial charge in [0.05, 0.1) is 13.2 Å². The van der Waals surface area contributed by atoms with Gasteiger partial charge in [0.1, 0.15) is 5.92 Å². The molecule has 0 unspecified atom stereocenters. The number of carboxylic acids is 1. The van der Waals surface area contributed by atoms with Gasteiger partial charge in [-0.3, -0.25) is 9.59 Å². The van der Waals surface area contributed by atoms with E-state index in [1.54, 1.807) is 43.4 Å². The van der Waals surface area contributed by atoms with E-state index in [1.807, 2.05) is 0 Å². The molecule has 2 aromatic rings. The molecule has 6 heteroatoms. The highest BCUT2D eigenvalue weighted by molar-refractivity contribution is 6.00. The zero-order valence-electron chi connectivity index (χ0n) is 13.3. The summed E-state index contributed by atoms with van der Waals surface area (Å²) in [5, 5.41) is 19.8. The third-order valence-corrected chi connectivity index (χ3v) is 4.39. The number of phenols is 1. The molecule has 24 heavy (non-hydrogen) atoms. The van der Waals surface area contributed by atoms with Crippen LogP contribution in [0.4, 0.5) is 0 Å². The maximum Gasteiger partial charge on any atom is 0.313 e. The monoisotopic (exact) mass is 327 g/mol. The van der Waals surface area contributed by atoms with Gasteiger partial charge in [-0.15, -0.1) is 0 Å². The number of fused-ring (bicyclic) bond motifs is 1. The molecule has 0 bridgehead atoms. The summed E-state index contributed by atoms with van der Waals surface area (Å²) in [6.07, 6.45) is 0. The lowest BCUT2D eigenvalue weighted by molar-refractivity contribution is -0.140. The van der Waals surface area contributed by atoms with Crippen molar-refractivity contribution in [2.45, 2.75) is 12.0 Å². The van der Waals surface area contributed by atoms with E-state index in [9.17, 15) is 19.8 Å². The largest absolute Gasteiger partial charge is 0.504 e. The Balaban J connectivity index is 2.17. The zero-order valence-corrected chi connectivity index (χ0v) is 13.3. The molecule has 2 N–H and O–H groups in total. The smallest absolute Gasteiger partial charge is 0.313 e. The number of rotatable bonds is 3. The number of phenolic OH excluding ortho intramolecular Hbond substituents is 1. The molecule has 3 rings (SSSR count). The van der Waals surface area contributed by atoms with Gasteiger partial charge in [0.25, 0.3) is 5.91 Å². The van der Waals surface area contributed by atoms with E-state index in [4.69, 9.17) is 4.74 Å². The lowest BCUT2D eigenvalue weighted by atomic mass is 9.80. The van der Waals surface area contributed by atoms with Crippen molar-refractivity contribution < 1.29 is 24.5 Å². The van der Waals surface area contributed by atoms with Crippen molar-refractivity contribution in [1.82, 2.24) is 4.90 Å². The van der Waals surface area contributed by atoms with E-state index >= 15 is 0 Å². The van der Waals surface area contributed by atoms with Crippen LogP contribution in [0.2, 0.25) is 0 Å². The molecule has 2 atom stereocenters. The Hall–Kier alpha value is -3.02. The van der Waals surface area contributed by atoms with Crippen LogP contribution < -0.4 is 4.74 Å². The van der Waals surface area contributed by atoms with E-state index in [0.717, 1.165) is 0 Å². The van der Waals surface area contributed by atoms with E-state index in [-0.39, 0.29) is 17.4 Å². The van der Waals surface area contributed by atoms with E-state index < -0.39 is 17.9 Å². The van der Waals surface area contributed by atoms with Gasteiger partial charge in [0.15, 0.2) is 11.5 Å². The van der Waals surface area contributed by atoms with E-state index in [1.165, 1.54) is 18.1 Å². The molecule has 0 saturated heterocycles. The number of aliphatic carboxylic acids is 1. The Labute approximate surface area is 138 Å². The second-order valence-corrected chi connectivity index (χ2v) is 5.70. The second-order valence-electron chi connectivity index (χ2n) is 5.70. The number of aromatic hydroxyl groups is 1. The topological polar surface area (TPSA) is 87.1 Å². The Morgan fingerprint density at radius 2 is 1.92 bits per heavy atom. The fraction of sp³-hybridized carbons (Fsp3) is 0.222. The summed E-state index contributed by atoms with van der Waals surface area (Å²) in [7, 11) is 3.00. The molecule has 0 spiro atoms. The summed E-state index contributed by atoms with van der Waals surface area (Å²) in [6.45, 7) is 0. The van der Waals surface area contributed by atoms with Gasteiger partial charge >= 0.3 is 5.97 Å². The predicted molar refractivity (Wildman–Crippen MR) is 86.3 cm³/mol. The summed E-state index contributed by atoms with van der Waals surface area (Å²) in [5.41, 5.74) is 1.40. The number of hydrogen-bond donors (Lipinski definition) is 2. The van der Waals surface area contributed by atoms with Crippen molar-refractivity contribution in [2.75, 3.05) is 14.2 Å².